The Labute approximate surface area is 107 Å². The van der Waals surface area contributed by atoms with Crippen molar-refractivity contribution in [2.45, 2.75) is 44.6 Å². The molecule has 1 aliphatic carbocycles. The fourth-order valence-electron chi connectivity index (χ4n) is 2.54. The molecule has 1 saturated carbocycles. The van der Waals surface area contributed by atoms with Crippen molar-refractivity contribution >= 4 is 5.91 Å². The maximum absolute atomic E-state index is 11.9. The molecular formula is C13H20N2O3. The standard InChI is InChI=1S/C13H20N2O3/c16-9-10-4-2-1-3-5-12(10)14-13(17)8-11-6-7-18-15-11/h6-7,10,12,16H,1-5,8-9H2,(H,14,17)/t10-,12+/m1/s1. The highest BCUT2D eigenvalue weighted by Gasteiger charge is 2.24. The molecule has 0 spiro atoms. The third-order valence-electron chi connectivity index (χ3n) is 3.57. The van der Waals surface area contributed by atoms with Crippen molar-refractivity contribution in [3.8, 4) is 0 Å². The minimum atomic E-state index is -0.0470. The summed E-state index contributed by atoms with van der Waals surface area (Å²) in [6.07, 6.45) is 7.09. The van der Waals surface area contributed by atoms with Crippen LogP contribution in [0.5, 0.6) is 0 Å². The van der Waals surface area contributed by atoms with E-state index in [-0.39, 0.29) is 30.9 Å². The Bertz CT molecular complexity index is 364. The van der Waals surface area contributed by atoms with E-state index in [1.54, 1.807) is 6.07 Å². The van der Waals surface area contributed by atoms with Gasteiger partial charge in [-0.15, -0.1) is 0 Å². The average molecular weight is 252 g/mol. The predicted molar refractivity (Wildman–Crippen MR) is 65.8 cm³/mol. The number of aliphatic hydroxyl groups is 1. The van der Waals surface area contributed by atoms with Gasteiger partial charge in [-0.2, -0.15) is 0 Å². The van der Waals surface area contributed by atoms with Crippen molar-refractivity contribution < 1.29 is 14.4 Å². The van der Waals surface area contributed by atoms with Crippen LogP contribution in [0.1, 0.15) is 37.8 Å². The van der Waals surface area contributed by atoms with Crippen molar-refractivity contribution in [3.63, 3.8) is 0 Å². The molecule has 18 heavy (non-hydrogen) atoms. The van der Waals surface area contributed by atoms with Gasteiger partial charge in [-0.05, 0) is 12.8 Å². The Morgan fingerprint density at radius 3 is 3.00 bits per heavy atom. The second-order valence-corrected chi connectivity index (χ2v) is 4.92. The highest BCUT2D eigenvalue weighted by atomic mass is 16.5. The van der Waals surface area contributed by atoms with Crippen LogP contribution in [0, 0.1) is 5.92 Å². The summed E-state index contributed by atoms with van der Waals surface area (Å²) in [5.41, 5.74) is 0.640. The molecule has 100 valence electrons. The van der Waals surface area contributed by atoms with Crippen LogP contribution in [-0.4, -0.2) is 28.8 Å². The van der Waals surface area contributed by atoms with Gasteiger partial charge in [-0.3, -0.25) is 4.79 Å². The molecule has 2 atom stereocenters. The molecule has 0 unspecified atom stereocenters. The van der Waals surface area contributed by atoms with Gasteiger partial charge in [0.1, 0.15) is 6.26 Å². The Kier molecular flexibility index (Phi) is 4.75. The van der Waals surface area contributed by atoms with Crippen molar-refractivity contribution in [2.24, 2.45) is 5.92 Å². The Morgan fingerprint density at radius 2 is 2.28 bits per heavy atom. The molecule has 0 aromatic carbocycles. The quantitative estimate of drug-likeness (QED) is 0.791. The largest absolute Gasteiger partial charge is 0.396 e. The second-order valence-electron chi connectivity index (χ2n) is 4.92. The first-order valence-corrected chi connectivity index (χ1v) is 6.59. The average Bonchev–Trinajstić information content (AvgIpc) is 2.75. The van der Waals surface area contributed by atoms with Crippen LogP contribution in [0.2, 0.25) is 0 Å². The van der Waals surface area contributed by atoms with E-state index in [9.17, 15) is 9.90 Å². The van der Waals surface area contributed by atoms with Crippen LogP contribution < -0.4 is 5.32 Å². The molecule has 1 aromatic heterocycles. The van der Waals surface area contributed by atoms with E-state index in [0.717, 1.165) is 25.7 Å². The summed E-state index contributed by atoms with van der Waals surface area (Å²) in [7, 11) is 0. The lowest BCUT2D eigenvalue weighted by Gasteiger charge is -2.24. The predicted octanol–water partition coefficient (Wildman–Crippen LogP) is 1.27. The maximum Gasteiger partial charge on any atom is 0.226 e. The monoisotopic (exact) mass is 252 g/mol. The van der Waals surface area contributed by atoms with E-state index >= 15 is 0 Å². The van der Waals surface area contributed by atoms with E-state index < -0.39 is 0 Å². The van der Waals surface area contributed by atoms with E-state index in [1.807, 2.05) is 0 Å². The minimum absolute atomic E-state index is 0.0470. The van der Waals surface area contributed by atoms with E-state index in [1.165, 1.54) is 12.7 Å². The van der Waals surface area contributed by atoms with Gasteiger partial charge in [-0.1, -0.05) is 24.4 Å². The lowest BCUT2D eigenvalue weighted by molar-refractivity contribution is -0.121. The second kappa shape index (κ2) is 6.54. The number of nitrogens with zero attached hydrogens (tertiary/aromatic N) is 1. The summed E-state index contributed by atoms with van der Waals surface area (Å²) in [4.78, 5) is 11.9. The van der Waals surface area contributed by atoms with Gasteiger partial charge in [0, 0.05) is 24.6 Å². The highest BCUT2D eigenvalue weighted by Crippen LogP contribution is 2.23. The molecule has 2 rings (SSSR count). The van der Waals surface area contributed by atoms with Crippen molar-refractivity contribution in [1.29, 1.82) is 0 Å². The molecule has 1 aliphatic rings. The summed E-state index contributed by atoms with van der Waals surface area (Å²) in [5, 5.41) is 16.1. The molecule has 1 heterocycles. The summed E-state index contributed by atoms with van der Waals surface area (Å²) >= 11 is 0. The van der Waals surface area contributed by atoms with Crippen LogP contribution in [0.4, 0.5) is 0 Å². The third-order valence-corrected chi connectivity index (χ3v) is 3.57. The molecule has 1 aromatic rings. The zero-order valence-electron chi connectivity index (χ0n) is 10.5. The third kappa shape index (κ3) is 3.57. The normalized spacial score (nSPS) is 24.5. The highest BCUT2D eigenvalue weighted by molar-refractivity contribution is 5.78. The Hall–Kier alpha value is -1.36. The molecule has 2 N–H and O–H groups in total. The molecule has 0 aliphatic heterocycles. The molecule has 0 bridgehead atoms. The SMILES string of the molecule is O=C(Cc1ccon1)N[C@H]1CCCCC[C@@H]1CO. The van der Waals surface area contributed by atoms with Crippen molar-refractivity contribution in [3.05, 3.63) is 18.0 Å². The number of rotatable bonds is 4. The van der Waals surface area contributed by atoms with Gasteiger partial charge in [0.15, 0.2) is 0 Å². The fourth-order valence-corrected chi connectivity index (χ4v) is 2.54. The first kappa shape index (κ1) is 13.1. The molecule has 1 amide bonds. The Balaban J connectivity index is 1.87. The van der Waals surface area contributed by atoms with Crippen LogP contribution in [0.3, 0.4) is 0 Å². The van der Waals surface area contributed by atoms with Gasteiger partial charge < -0.3 is 14.9 Å². The van der Waals surface area contributed by atoms with Crippen molar-refractivity contribution in [2.75, 3.05) is 6.61 Å². The zero-order chi connectivity index (χ0) is 12.8. The Morgan fingerprint density at radius 1 is 1.44 bits per heavy atom. The lowest BCUT2D eigenvalue weighted by atomic mass is 9.95. The van der Waals surface area contributed by atoms with Crippen LogP contribution in [-0.2, 0) is 11.2 Å². The number of carbonyl (C=O) groups excluding carboxylic acids is 1. The van der Waals surface area contributed by atoms with Crippen LogP contribution in [0.15, 0.2) is 16.9 Å². The molecule has 0 saturated heterocycles. The first-order chi connectivity index (χ1) is 8.79. The number of nitrogens with one attached hydrogen (secondary N) is 1. The lowest BCUT2D eigenvalue weighted by Crippen LogP contribution is -2.41. The van der Waals surface area contributed by atoms with Gasteiger partial charge in [0.2, 0.25) is 5.91 Å². The minimum Gasteiger partial charge on any atom is -0.396 e. The topological polar surface area (TPSA) is 75.4 Å². The molecule has 0 radical (unpaired) electrons. The van der Waals surface area contributed by atoms with E-state index in [2.05, 4.69) is 10.5 Å². The zero-order valence-corrected chi connectivity index (χ0v) is 10.5. The van der Waals surface area contributed by atoms with Crippen LogP contribution in [0.25, 0.3) is 0 Å². The van der Waals surface area contributed by atoms with Crippen LogP contribution >= 0.6 is 0 Å². The van der Waals surface area contributed by atoms with Crippen molar-refractivity contribution in [1.82, 2.24) is 10.5 Å². The number of hydrogen-bond acceptors (Lipinski definition) is 4. The number of aromatic nitrogens is 1. The molecular weight excluding hydrogens is 232 g/mol. The first-order valence-electron chi connectivity index (χ1n) is 6.59. The summed E-state index contributed by atoms with van der Waals surface area (Å²) < 4.78 is 4.70. The maximum atomic E-state index is 11.9. The summed E-state index contributed by atoms with van der Waals surface area (Å²) in [6, 6.07) is 1.79. The van der Waals surface area contributed by atoms with Gasteiger partial charge in [0.05, 0.1) is 12.1 Å². The number of hydrogen-bond donors (Lipinski definition) is 2. The molecule has 1 fully saturated rings. The van der Waals surface area contributed by atoms with E-state index in [4.69, 9.17) is 4.52 Å². The summed E-state index contributed by atoms with van der Waals surface area (Å²) in [5.74, 6) is 0.142. The molecule has 5 heteroatoms. The molecule has 5 nitrogen and oxygen atoms in total. The number of carbonyl (C=O) groups is 1. The summed E-state index contributed by atoms with van der Waals surface area (Å²) in [6.45, 7) is 0.148. The fraction of sp³-hybridized carbons (Fsp3) is 0.692. The van der Waals surface area contributed by atoms with Gasteiger partial charge in [-0.25, -0.2) is 0 Å². The van der Waals surface area contributed by atoms with Gasteiger partial charge >= 0.3 is 0 Å². The number of amides is 1. The van der Waals surface area contributed by atoms with Gasteiger partial charge in [0.25, 0.3) is 0 Å². The van der Waals surface area contributed by atoms with E-state index in [0.29, 0.717) is 5.69 Å². The number of aliphatic hydroxyl groups excluding tert-OH is 1. The smallest absolute Gasteiger partial charge is 0.226 e.